The maximum Gasteiger partial charge on any atom is 0.317 e. The molecule has 114 valence electrons. The van der Waals surface area contributed by atoms with Crippen molar-refractivity contribution in [3.63, 3.8) is 0 Å². The van der Waals surface area contributed by atoms with Gasteiger partial charge in [0.1, 0.15) is 0 Å². The first-order valence-corrected chi connectivity index (χ1v) is 7.07. The zero-order valence-electron chi connectivity index (χ0n) is 11.9. The molecule has 2 N–H and O–H groups in total. The summed E-state index contributed by atoms with van der Waals surface area (Å²) in [5.41, 5.74) is -0.252. The molecule has 20 heavy (non-hydrogen) atoms. The number of hydrogen-bond acceptors (Lipinski definition) is 4. The van der Waals surface area contributed by atoms with E-state index in [1.165, 1.54) is 0 Å². The summed E-state index contributed by atoms with van der Waals surface area (Å²) in [6, 6.07) is -0.0455. The Morgan fingerprint density at radius 1 is 1.30 bits per heavy atom. The lowest BCUT2D eigenvalue weighted by Gasteiger charge is -2.36. The van der Waals surface area contributed by atoms with Crippen LogP contribution in [0.15, 0.2) is 0 Å². The standard InChI is InChI=1S/C13H23N3O4/c1-13(3-9-20-10-13)14-12(19)16-7-5-15(6-8-16)4-2-11(17)18/h2-10H2,1H3,(H,14,19)(H,17,18). The second-order valence-corrected chi connectivity index (χ2v) is 5.77. The predicted molar refractivity (Wildman–Crippen MR) is 72.6 cm³/mol. The number of ether oxygens (including phenoxy) is 1. The van der Waals surface area contributed by atoms with Gasteiger partial charge < -0.3 is 20.1 Å². The Bertz CT molecular complexity index is 361. The number of carbonyl (C=O) groups excluding carboxylic acids is 1. The SMILES string of the molecule is CC1(NC(=O)N2CCN(CCC(=O)O)CC2)CCOC1. The third-order valence-corrected chi connectivity index (χ3v) is 3.93. The molecule has 7 heteroatoms. The monoisotopic (exact) mass is 285 g/mol. The van der Waals surface area contributed by atoms with Gasteiger partial charge in [0, 0.05) is 39.3 Å². The van der Waals surface area contributed by atoms with Crippen molar-refractivity contribution >= 4 is 12.0 Å². The molecule has 7 nitrogen and oxygen atoms in total. The Labute approximate surface area is 118 Å². The molecule has 0 aromatic rings. The van der Waals surface area contributed by atoms with Crippen LogP contribution < -0.4 is 5.32 Å². The van der Waals surface area contributed by atoms with E-state index in [4.69, 9.17) is 9.84 Å². The van der Waals surface area contributed by atoms with Crippen molar-refractivity contribution in [2.24, 2.45) is 0 Å². The topological polar surface area (TPSA) is 82.1 Å². The third-order valence-electron chi connectivity index (χ3n) is 3.93. The lowest BCUT2D eigenvalue weighted by Crippen LogP contribution is -2.56. The van der Waals surface area contributed by atoms with Crippen LogP contribution in [0.4, 0.5) is 4.79 Å². The van der Waals surface area contributed by atoms with Crippen LogP contribution in [0.3, 0.4) is 0 Å². The maximum atomic E-state index is 12.2. The molecule has 1 unspecified atom stereocenters. The molecule has 2 fully saturated rings. The number of nitrogens with zero attached hydrogens (tertiary/aromatic N) is 2. The van der Waals surface area contributed by atoms with Gasteiger partial charge in [-0.15, -0.1) is 0 Å². The smallest absolute Gasteiger partial charge is 0.317 e. The average Bonchev–Trinajstić information content (AvgIpc) is 2.83. The van der Waals surface area contributed by atoms with Gasteiger partial charge in [-0.05, 0) is 13.3 Å². The Kier molecular flexibility index (Phi) is 4.82. The molecule has 0 radical (unpaired) electrons. The molecule has 2 saturated heterocycles. The van der Waals surface area contributed by atoms with Gasteiger partial charge in [-0.3, -0.25) is 9.69 Å². The summed E-state index contributed by atoms with van der Waals surface area (Å²) in [6.45, 7) is 6.56. The number of amides is 2. The van der Waals surface area contributed by atoms with Gasteiger partial charge in [-0.25, -0.2) is 4.79 Å². The zero-order chi connectivity index (χ0) is 14.6. The van der Waals surface area contributed by atoms with Gasteiger partial charge in [0.15, 0.2) is 0 Å². The lowest BCUT2D eigenvalue weighted by molar-refractivity contribution is -0.137. The highest BCUT2D eigenvalue weighted by molar-refractivity contribution is 5.75. The summed E-state index contributed by atoms with van der Waals surface area (Å²) in [4.78, 5) is 26.6. The number of rotatable bonds is 4. The lowest BCUT2D eigenvalue weighted by atomic mass is 10.0. The number of carboxylic acid groups (broad SMARTS) is 1. The van der Waals surface area contributed by atoms with E-state index in [9.17, 15) is 9.59 Å². The Morgan fingerprint density at radius 3 is 2.55 bits per heavy atom. The Hall–Kier alpha value is -1.34. The number of aliphatic carboxylic acids is 1. The number of carboxylic acids is 1. The second-order valence-electron chi connectivity index (χ2n) is 5.77. The van der Waals surface area contributed by atoms with E-state index in [1.54, 1.807) is 4.90 Å². The van der Waals surface area contributed by atoms with E-state index in [0.717, 1.165) is 19.5 Å². The summed E-state index contributed by atoms with van der Waals surface area (Å²) in [5.74, 6) is -0.778. The largest absolute Gasteiger partial charge is 0.481 e. The molecule has 2 aliphatic rings. The molecule has 0 aromatic carbocycles. The molecular weight excluding hydrogens is 262 g/mol. The number of carbonyl (C=O) groups is 2. The molecule has 2 amide bonds. The van der Waals surface area contributed by atoms with E-state index in [0.29, 0.717) is 32.8 Å². The Balaban J connectivity index is 1.73. The first-order valence-electron chi connectivity index (χ1n) is 7.07. The van der Waals surface area contributed by atoms with Crippen molar-refractivity contribution in [2.45, 2.75) is 25.3 Å². The molecule has 0 spiro atoms. The number of piperazine rings is 1. The van der Waals surface area contributed by atoms with Crippen LogP contribution in [-0.2, 0) is 9.53 Å². The molecule has 0 aliphatic carbocycles. The highest BCUT2D eigenvalue weighted by Crippen LogP contribution is 2.18. The fourth-order valence-electron chi connectivity index (χ4n) is 2.53. The minimum Gasteiger partial charge on any atom is -0.481 e. The first kappa shape index (κ1) is 15.1. The molecule has 1 atom stereocenters. The molecule has 0 bridgehead atoms. The predicted octanol–water partition coefficient (Wildman–Crippen LogP) is -0.0327. The van der Waals surface area contributed by atoms with Crippen molar-refractivity contribution in [1.29, 1.82) is 0 Å². The fourth-order valence-corrected chi connectivity index (χ4v) is 2.53. The summed E-state index contributed by atoms with van der Waals surface area (Å²) in [5, 5.41) is 11.7. The van der Waals surface area contributed by atoms with Crippen molar-refractivity contribution in [2.75, 3.05) is 45.9 Å². The minimum atomic E-state index is -0.778. The first-order chi connectivity index (χ1) is 9.48. The second kappa shape index (κ2) is 6.41. The molecule has 2 aliphatic heterocycles. The normalized spacial score (nSPS) is 27.6. The van der Waals surface area contributed by atoms with Gasteiger partial charge in [0.05, 0.1) is 18.6 Å². The Morgan fingerprint density at radius 2 is 2.00 bits per heavy atom. The van der Waals surface area contributed by atoms with E-state index in [2.05, 4.69) is 10.2 Å². The highest BCUT2D eigenvalue weighted by Gasteiger charge is 2.33. The summed E-state index contributed by atoms with van der Waals surface area (Å²) >= 11 is 0. The fraction of sp³-hybridized carbons (Fsp3) is 0.846. The average molecular weight is 285 g/mol. The van der Waals surface area contributed by atoms with Crippen LogP contribution in [-0.4, -0.2) is 78.4 Å². The maximum absolute atomic E-state index is 12.2. The summed E-state index contributed by atoms with van der Waals surface area (Å²) in [7, 11) is 0. The van der Waals surface area contributed by atoms with E-state index in [1.807, 2.05) is 6.92 Å². The molecule has 2 rings (SSSR count). The molecule has 2 heterocycles. The number of hydrogen-bond donors (Lipinski definition) is 2. The van der Waals surface area contributed by atoms with Gasteiger partial charge in [0.25, 0.3) is 0 Å². The highest BCUT2D eigenvalue weighted by atomic mass is 16.5. The number of nitrogens with one attached hydrogen (secondary N) is 1. The minimum absolute atomic E-state index is 0.0455. The van der Waals surface area contributed by atoms with Gasteiger partial charge in [0.2, 0.25) is 0 Å². The molecular formula is C13H23N3O4. The van der Waals surface area contributed by atoms with Crippen molar-refractivity contribution in [3.8, 4) is 0 Å². The third kappa shape index (κ3) is 4.08. The van der Waals surface area contributed by atoms with Crippen LogP contribution in [0.5, 0.6) is 0 Å². The van der Waals surface area contributed by atoms with Crippen molar-refractivity contribution in [1.82, 2.24) is 15.1 Å². The van der Waals surface area contributed by atoms with E-state index in [-0.39, 0.29) is 18.0 Å². The van der Waals surface area contributed by atoms with Crippen LogP contribution in [0.25, 0.3) is 0 Å². The van der Waals surface area contributed by atoms with E-state index < -0.39 is 5.97 Å². The molecule has 0 aromatic heterocycles. The quantitative estimate of drug-likeness (QED) is 0.758. The zero-order valence-corrected chi connectivity index (χ0v) is 11.9. The van der Waals surface area contributed by atoms with Crippen LogP contribution >= 0.6 is 0 Å². The van der Waals surface area contributed by atoms with Crippen molar-refractivity contribution in [3.05, 3.63) is 0 Å². The van der Waals surface area contributed by atoms with Gasteiger partial charge >= 0.3 is 12.0 Å². The summed E-state index contributed by atoms with van der Waals surface area (Å²) in [6.07, 6.45) is 0.999. The van der Waals surface area contributed by atoms with Gasteiger partial charge in [-0.1, -0.05) is 0 Å². The van der Waals surface area contributed by atoms with Crippen LogP contribution in [0, 0.1) is 0 Å². The molecule has 0 saturated carbocycles. The summed E-state index contributed by atoms with van der Waals surface area (Å²) < 4.78 is 5.32. The number of urea groups is 1. The van der Waals surface area contributed by atoms with Crippen LogP contribution in [0.1, 0.15) is 19.8 Å². The van der Waals surface area contributed by atoms with Gasteiger partial charge in [-0.2, -0.15) is 0 Å². The van der Waals surface area contributed by atoms with Crippen molar-refractivity contribution < 1.29 is 19.4 Å². The van der Waals surface area contributed by atoms with Crippen LogP contribution in [0.2, 0.25) is 0 Å². The van der Waals surface area contributed by atoms with E-state index >= 15 is 0 Å².